The summed E-state index contributed by atoms with van der Waals surface area (Å²) in [6, 6.07) is 18.4. The van der Waals surface area contributed by atoms with Crippen molar-refractivity contribution in [2.75, 3.05) is 38.6 Å². The Labute approximate surface area is 183 Å². The lowest BCUT2D eigenvalue weighted by molar-refractivity contribution is -0.127. The fourth-order valence-corrected chi connectivity index (χ4v) is 3.54. The molecule has 1 fully saturated rings. The highest BCUT2D eigenvalue weighted by molar-refractivity contribution is 6.30. The van der Waals surface area contributed by atoms with E-state index in [0.717, 1.165) is 30.2 Å². The molecule has 160 valence electrons. The van der Waals surface area contributed by atoms with Crippen LogP contribution in [0.3, 0.4) is 0 Å². The van der Waals surface area contributed by atoms with Gasteiger partial charge in [0, 0.05) is 43.9 Å². The van der Waals surface area contributed by atoms with E-state index in [0.29, 0.717) is 5.96 Å². The number of carbonyl (C=O) groups is 1. The molecule has 3 rings (SSSR count). The van der Waals surface area contributed by atoms with Gasteiger partial charge >= 0.3 is 0 Å². The third-order valence-electron chi connectivity index (χ3n) is 5.24. The number of carbonyl (C=O) groups excluding carboxylic acids is 1. The molecule has 2 unspecified atom stereocenters. The number of amides is 1. The quantitative estimate of drug-likeness (QED) is 0.548. The minimum atomic E-state index is -0.0299. The third-order valence-corrected chi connectivity index (χ3v) is 5.50. The van der Waals surface area contributed by atoms with Crippen molar-refractivity contribution in [3.63, 3.8) is 0 Å². The van der Waals surface area contributed by atoms with Gasteiger partial charge in [0.05, 0.1) is 6.04 Å². The Morgan fingerprint density at radius 2 is 1.90 bits per heavy atom. The van der Waals surface area contributed by atoms with Crippen molar-refractivity contribution in [3.05, 3.63) is 65.2 Å². The van der Waals surface area contributed by atoms with E-state index in [-0.39, 0.29) is 24.5 Å². The van der Waals surface area contributed by atoms with E-state index in [1.165, 1.54) is 5.56 Å². The molecule has 2 atom stereocenters. The van der Waals surface area contributed by atoms with Crippen LogP contribution < -0.4 is 15.5 Å². The molecule has 1 aliphatic rings. The summed E-state index contributed by atoms with van der Waals surface area (Å²) in [6.45, 7) is 4.02. The minimum absolute atomic E-state index is 0.0299. The molecule has 1 saturated heterocycles. The first-order valence-corrected chi connectivity index (χ1v) is 10.6. The number of rotatable bonds is 6. The van der Waals surface area contributed by atoms with Crippen LogP contribution in [0.1, 0.15) is 24.9 Å². The molecule has 1 aliphatic heterocycles. The molecule has 0 saturated carbocycles. The number of guanidine groups is 1. The number of nitrogens with zero attached hydrogens (tertiary/aromatic N) is 3. The van der Waals surface area contributed by atoms with Crippen molar-refractivity contribution in [2.45, 2.75) is 25.4 Å². The second kappa shape index (κ2) is 10.3. The normalized spacial score (nSPS) is 17.5. The Balaban J connectivity index is 1.66. The van der Waals surface area contributed by atoms with Gasteiger partial charge in [-0.1, -0.05) is 41.9 Å². The molecule has 1 heterocycles. The van der Waals surface area contributed by atoms with Crippen LogP contribution >= 0.6 is 11.6 Å². The average molecular weight is 428 g/mol. The van der Waals surface area contributed by atoms with Crippen molar-refractivity contribution in [1.82, 2.24) is 15.5 Å². The maximum absolute atomic E-state index is 12.0. The Morgan fingerprint density at radius 3 is 2.57 bits per heavy atom. The molecule has 2 aromatic carbocycles. The SMILES string of the molecule is CC(NC(=NCC(=O)N(C)C)NC1CCN(c2ccc(Cl)cc2)C1)c1ccccc1. The van der Waals surface area contributed by atoms with Crippen LogP contribution in [0, 0.1) is 0 Å². The molecule has 2 aromatic rings. The van der Waals surface area contributed by atoms with Gasteiger partial charge in [0.2, 0.25) is 5.91 Å². The second-order valence-corrected chi connectivity index (χ2v) is 8.22. The van der Waals surface area contributed by atoms with Crippen LogP contribution in [0.2, 0.25) is 5.02 Å². The number of hydrogen-bond acceptors (Lipinski definition) is 3. The zero-order valence-electron chi connectivity index (χ0n) is 17.8. The van der Waals surface area contributed by atoms with Crippen LogP contribution in [0.15, 0.2) is 59.6 Å². The van der Waals surface area contributed by atoms with Gasteiger partial charge in [-0.15, -0.1) is 0 Å². The fourth-order valence-electron chi connectivity index (χ4n) is 3.41. The molecule has 0 aromatic heterocycles. The predicted molar refractivity (Wildman–Crippen MR) is 124 cm³/mol. The summed E-state index contributed by atoms with van der Waals surface area (Å²) in [7, 11) is 3.48. The van der Waals surface area contributed by atoms with Gasteiger partial charge in [-0.05, 0) is 43.2 Å². The lowest BCUT2D eigenvalue weighted by Crippen LogP contribution is -2.46. The summed E-state index contributed by atoms with van der Waals surface area (Å²) < 4.78 is 0. The standard InChI is InChI=1S/C23H30ClN5O/c1-17(18-7-5-4-6-8-18)26-23(25-15-22(30)28(2)3)27-20-13-14-29(16-20)21-11-9-19(24)10-12-21/h4-12,17,20H,13-16H2,1-3H3,(H2,25,26,27). The van der Waals surface area contributed by atoms with Gasteiger partial charge in [0.1, 0.15) is 6.54 Å². The van der Waals surface area contributed by atoms with Gasteiger partial charge in [-0.2, -0.15) is 0 Å². The molecule has 0 radical (unpaired) electrons. The van der Waals surface area contributed by atoms with Crippen molar-refractivity contribution in [1.29, 1.82) is 0 Å². The van der Waals surface area contributed by atoms with E-state index in [2.05, 4.69) is 39.6 Å². The third kappa shape index (κ3) is 6.13. The average Bonchev–Trinajstić information content (AvgIpc) is 3.21. The van der Waals surface area contributed by atoms with Crippen molar-refractivity contribution < 1.29 is 4.79 Å². The van der Waals surface area contributed by atoms with Gasteiger partial charge < -0.3 is 20.4 Å². The number of aliphatic imine (C=N–C) groups is 1. The Kier molecular flexibility index (Phi) is 7.57. The predicted octanol–water partition coefficient (Wildman–Crippen LogP) is 3.30. The topological polar surface area (TPSA) is 60.0 Å². The van der Waals surface area contributed by atoms with Gasteiger partial charge in [-0.3, -0.25) is 4.79 Å². The Bertz CT molecular complexity index is 854. The smallest absolute Gasteiger partial charge is 0.243 e. The van der Waals surface area contributed by atoms with Gasteiger partial charge in [0.15, 0.2) is 5.96 Å². The lowest BCUT2D eigenvalue weighted by atomic mass is 10.1. The minimum Gasteiger partial charge on any atom is -0.369 e. The summed E-state index contributed by atoms with van der Waals surface area (Å²) >= 11 is 6.01. The second-order valence-electron chi connectivity index (χ2n) is 7.78. The highest BCUT2D eigenvalue weighted by Gasteiger charge is 2.24. The molecular formula is C23H30ClN5O. The van der Waals surface area contributed by atoms with Crippen LogP contribution in [-0.2, 0) is 4.79 Å². The van der Waals surface area contributed by atoms with E-state index in [1.807, 2.05) is 42.5 Å². The monoisotopic (exact) mass is 427 g/mol. The number of halogens is 1. The van der Waals surface area contributed by atoms with Crippen LogP contribution in [0.5, 0.6) is 0 Å². The van der Waals surface area contributed by atoms with Gasteiger partial charge in [-0.25, -0.2) is 4.99 Å². The summed E-state index contributed by atoms with van der Waals surface area (Å²) in [4.78, 5) is 20.5. The van der Waals surface area contributed by atoms with Crippen molar-refractivity contribution in [3.8, 4) is 0 Å². The molecule has 0 spiro atoms. The molecule has 6 nitrogen and oxygen atoms in total. The number of anilines is 1. The largest absolute Gasteiger partial charge is 0.369 e. The first-order chi connectivity index (χ1) is 14.4. The maximum Gasteiger partial charge on any atom is 0.243 e. The first-order valence-electron chi connectivity index (χ1n) is 10.3. The number of nitrogens with one attached hydrogen (secondary N) is 2. The highest BCUT2D eigenvalue weighted by Crippen LogP contribution is 2.22. The summed E-state index contributed by atoms with van der Waals surface area (Å²) in [5.74, 6) is 0.627. The number of benzene rings is 2. The number of likely N-dealkylation sites (N-methyl/N-ethyl adjacent to an activating group) is 1. The van der Waals surface area contributed by atoms with Crippen molar-refractivity contribution >= 4 is 29.2 Å². The summed E-state index contributed by atoms with van der Waals surface area (Å²) in [5.41, 5.74) is 2.33. The Hall–Kier alpha value is -2.73. The van der Waals surface area contributed by atoms with E-state index in [1.54, 1.807) is 19.0 Å². The molecule has 1 amide bonds. The van der Waals surface area contributed by atoms with E-state index < -0.39 is 0 Å². The summed E-state index contributed by atoms with van der Waals surface area (Å²) in [5, 5.41) is 7.71. The van der Waals surface area contributed by atoms with Crippen LogP contribution in [-0.4, -0.2) is 56.5 Å². The number of hydrogen-bond donors (Lipinski definition) is 2. The van der Waals surface area contributed by atoms with Gasteiger partial charge in [0.25, 0.3) is 0 Å². The van der Waals surface area contributed by atoms with Crippen LogP contribution in [0.4, 0.5) is 5.69 Å². The fraction of sp³-hybridized carbons (Fsp3) is 0.391. The van der Waals surface area contributed by atoms with Crippen LogP contribution in [0.25, 0.3) is 0 Å². The molecular weight excluding hydrogens is 398 g/mol. The van der Waals surface area contributed by atoms with Crippen molar-refractivity contribution in [2.24, 2.45) is 4.99 Å². The summed E-state index contributed by atoms with van der Waals surface area (Å²) in [6.07, 6.45) is 0.991. The maximum atomic E-state index is 12.0. The molecule has 7 heteroatoms. The molecule has 0 bridgehead atoms. The van der Waals surface area contributed by atoms with E-state index >= 15 is 0 Å². The van der Waals surface area contributed by atoms with E-state index in [9.17, 15) is 4.79 Å². The lowest BCUT2D eigenvalue weighted by Gasteiger charge is -2.23. The highest BCUT2D eigenvalue weighted by atomic mass is 35.5. The zero-order valence-corrected chi connectivity index (χ0v) is 18.6. The zero-order chi connectivity index (χ0) is 21.5. The first kappa shape index (κ1) is 22.0. The Morgan fingerprint density at radius 1 is 1.20 bits per heavy atom. The molecule has 30 heavy (non-hydrogen) atoms. The molecule has 2 N–H and O–H groups in total. The molecule has 0 aliphatic carbocycles. The van der Waals surface area contributed by atoms with E-state index in [4.69, 9.17) is 11.6 Å².